The molecule has 0 N–H and O–H groups in total. The lowest BCUT2D eigenvalue weighted by atomic mass is 10.1. The lowest BCUT2D eigenvalue weighted by Gasteiger charge is -2.12. The van der Waals surface area contributed by atoms with Crippen LogP contribution >= 0.6 is 11.6 Å². The van der Waals surface area contributed by atoms with Crippen molar-refractivity contribution >= 4 is 11.6 Å². The van der Waals surface area contributed by atoms with E-state index in [1.807, 2.05) is 18.2 Å². The van der Waals surface area contributed by atoms with Crippen molar-refractivity contribution < 1.29 is 4.74 Å². The summed E-state index contributed by atoms with van der Waals surface area (Å²) in [6, 6.07) is 5.98. The SMILES string of the molecule is Cc1ccc(Oc2cnc(C(C)C)nc2CCl)cc1C. The minimum absolute atomic E-state index is 0.271. The van der Waals surface area contributed by atoms with Gasteiger partial charge in [0.2, 0.25) is 0 Å². The van der Waals surface area contributed by atoms with Crippen LogP contribution in [0, 0.1) is 13.8 Å². The first-order valence-electron chi connectivity index (χ1n) is 6.68. The van der Waals surface area contributed by atoms with Crippen LogP contribution in [0.5, 0.6) is 11.5 Å². The Morgan fingerprint density at radius 2 is 1.95 bits per heavy atom. The maximum Gasteiger partial charge on any atom is 0.168 e. The number of ether oxygens (including phenoxy) is 1. The topological polar surface area (TPSA) is 35.0 Å². The number of rotatable bonds is 4. The number of hydrogen-bond acceptors (Lipinski definition) is 3. The summed E-state index contributed by atoms with van der Waals surface area (Å²) in [6.07, 6.45) is 1.70. The lowest BCUT2D eigenvalue weighted by molar-refractivity contribution is 0.469. The molecule has 2 rings (SSSR count). The zero-order valence-electron chi connectivity index (χ0n) is 12.3. The summed E-state index contributed by atoms with van der Waals surface area (Å²) in [5, 5.41) is 0. The molecule has 0 atom stereocenters. The van der Waals surface area contributed by atoms with Gasteiger partial charge in [0.25, 0.3) is 0 Å². The summed E-state index contributed by atoms with van der Waals surface area (Å²) in [6.45, 7) is 8.24. The average Bonchev–Trinajstić information content (AvgIpc) is 2.43. The molecule has 0 fully saturated rings. The van der Waals surface area contributed by atoms with E-state index in [2.05, 4.69) is 37.7 Å². The number of aryl methyl sites for hydroxylation is 2. The molecule has 0 saturated carbocycles. The summed E-state index contributed by atoms with van der Waals surface area (Å²) in [7, 11) is 0. The van der Waals surface area contributed by atoms with E-state index < -0.39 is 0 Å². The second-order valence-corrected chi connectivity index (χ2v) is 5.44. The van der Waals surface area contributed by atoms with Crippen LogP contribution in [0.3, 0.4) is 0 Å². The second-order valence-electron chi connectivity index (χ2n) is 5.18. The van der Waals surface area contributed by atoms with Gasteiger partial charge in [0, 0.05) is 5.92 Å². The summed E-state index contributed by atoms with van der Waals surface area (Å²) in [4.78, 5) is 8.79. The van der Waals surface area contributed by atoms with Gasteiger partial charge >= 0.3 is 0 Å². The van der Waals surface area contributed by atoms with Crippen molar-refractivity contribution in [1.29, 1.82) is 0 Å². The zero-order chi connectivity index (χ0) is 14.7. The van der Waals surface area contributed by atoms with Crippen LogP contribution in [0.25, 0.3) is 0 Å². The van der Waals surface area contributed by atoms with Crippen LogP contribution in [-0.4, -0.2) is 9.97 Å². The smallest absolute Gasteiger partial charge is 0.168 e. The van der Waals surface area contributed by atoms with Crippen molar-refractivity contribution in [3.63, 3.8) is 0 Å². The molecule has 1 heterocycles. The van der Waals surface area contributed by atoms with Gasteiger partial charge in [-0.05, 0) is 37.1 Å². The first kappa shape index (κ1) is 14.8. The van der Waals surface area contributed by atoms with Gasteiger partial charge in [-0.25, -0.2) is 9.97 Å². The van der Waals surface area contributed by atoms with Crippen molar-refractivity contribution in [1.82, 2.24) is 9.97 Å². The molecule has 3 nitrogen and oxygen atoms in total. The van der Waals surface area contributed by atoms with Crippen molar-refractivity contribution in [2.24, 2.45) is 0 Å². The van der Waals surface area contributed by atoms with Gasteiger partial charge in [0.05, 0.1) is 12.1 Å². The highest BCUT2D eigenvalue weighted by Gasteiger charge is 2.11. The Labute approximate surface area is 125 Å². The standard InChI is InChI=1S/C16H19ClN2O/c1-10(2)16-18-9-15(14(8-17)19-16)20-13-6-5-11(3)12(4)7-13/h5-7,9-10H,8H2,1-4H3. The average molecular weight is 291 g/mol. The van der Waals surface area contributed by atoms with Crippen LogP contribution < -0.4 is 4.74 Å². The molecule has 1 aromatic carbocycles. The largest absolute Gasteiger partial charge is 0.454 e. The quantitative estimate of drug-likeness (QED) is 0.762. The third kappa shape index (κ3) is 3.28. The molecule has 0 spiro atoms. The first-order valence-corrected chi connectivity index (χ1v) is 7.21. The summed E-state index contributed by atoms with van der Waals surface area (Å²) in [5.74, 6) is 2.76. The molecule has 1 aromatic heterocycles. The van der Waals surface area contributed by atoms with Gasteiger partial charge in [-0.3, -0.25) is 0 Å². The molecule has 106 valence electrons. The van der Waals surface area contributed by atoms with E-state index in [-0.39, 0.29) is 5.92 Å². The molecular weight excluding hydrogens is 272 g/mol. The van der Waals surface area contributed by atoms with Gasteiger partial charge in [-0.2, -0.15) is 0 Å². The van der Waals surface area contributed by atoms with E-state index in [9.17, 15) is 0 Å². The molecule has 0 bridgehead atoms. The van der Waals surface area contributed by atoms with Crippen LogP contribution in [0.4, 0.5) is 0 Å². The van der Waals surface area contributed by atoms with Gasteiger partial charge in [0.15, 0.2) is 5.75 Å². The number of nitrogens with zero attached hydrogens (tertiary/aromatic N) is 2. The predicted molar refractivity (Wildman–Crippen MR) is 81.7 cm³/mol. The lowest BCUT2D eigenvalue weighted by Crippen LogP contribution is -2.02. The Morgan fingerprint density at radius 1 is 1.20 bits per heavy atom. The second kappa shape index (κ2) is 6.23. The molecule has 4 heteroatoms. The third-order valence-corrected chi connectivity index (χ3v) is 3.45. The molecule has 0 aliphatic heterocycles. The number of benzene rings is 1. The monoisotopic (exact) mass is 290 g/mol. The summed E-state index contributed by atoms with van der Waals surface area (Å²) in [5.41, 5.74) is 3.15. The third-order valence-electron chi connectivity index (χ3n) is 3.20. The fourth-order valence-corrected chi connectivity index (χ4v) is 1.98. The number of hydrogen-bond donors (Lipinski definition) is 0. The Balaban J connectivity index is 2.30. The molecule has 20 heavy (non-hydrogen) atoms. The highest BCUT2D eigenvalue weighted by atomic mass is 35.5. The Morgan fingerprint density at radius 3 is 2.55 bits per heavy atom. The maximum atomic E-state index is 5.96. The highest BCUT2D eigenvalue weighted by Crippen LogP contribution is 2.27. The number of aromatic nitrogens is 2. The van der Waals surface area contributed by atoms with Gasteiger partial charge < -0.3 is 4.74 Å². The van der Waals surface area contributed by atoms with Crippen LogP contribution in [0.15, 0.2) is 24.4 Å². The van der Waals surface area contributed by atoms with Crippen molar-refractivity contribution in [3.8, 4) is 11.5 Å². The van der Waals surface area contributed by atoms with Gasteiger partial charge in [0.1, 0.15) is 17.3 Å². The predicted octanol–water partition coefficient (Wildman–Crippen LogP) is 4.75. The van der Waals surface area contributed by atoms with Crippen molar-refractivity contribution in [2.45, 2.75) is 39.5 Å². The van der Waals surface area contributed by atoms with Crippen LogP contribution in [-0.2, 0) is 5.88 Å². The molecule has 0 unspecified atom stereocenters. The van der Waals surface area contributed by atoms with E-state index >= 15 is 0 Å². The van der Waals surface area contributed by atoms with Gasteiger partial charge in [-0.1, -0.05) is 19.9 Å². The molecule has 0 aliphatic rings. The first-order chi connectivity index (χ1) is 9.51. The summed E-state index contributed by atoms with van der Waals surface area (Å²) < 4.78 is 5.86. The molecule has 2 aromatic rings. The Hall–Kier alpha value is -1.61. The van der Waals surface area contributed by atoms with Crippen molar-refractivity contribution in [3.05, 3.63) is 47.0 Å². The van der Waals surface area contributed by atoms with Gasteiger partial charge in [-0.15, -0.1) is 11.6 Å². The normalized spacial score (nSPS) is 10.9. The fourth-order valence-electron chi connectivity index (χ4n) is 1.79. The minimum atomic E-state index is 0.271. The van der Waals surface area contributed by atoms with E-state index in [4.69, 9.17) is 16.3 Å². The molecule has 0 saturated heterocycles. The van der Waals surface area contributed by atoms with Crippen LogP contribution in [0.1, 0.15) is 42.4 Å². The fraction of sp³-hybridized carbons (Fsp3) is 0.375. The maximum absolute atomic E-state index is 5.96. The van der Waals surface area contributed by atoms with E-state index in [0.717, 1.165) is 17.3 Å². The van der Waals surface area contributed by atoms with E-state index in [1.54, 1.807) is 6.20 Å². The minimum Gasteiger partial charge on any atom is -0.454 e. The Kier molecular flexibility index (Phi) is 4.61. The van der Waals surface area contributed by atoms with Crippen molar-refractivity contribution in [2.75, 3.05) is 0 Å². The highest BCUT2D eigenvalue weighted by molar-refractivity contribution is 6.17. The molecular formula is C16H19ClN2O. The van der Waals surface area contributed by atoms with E-state index in [0.29, 0.717) is 11.6 Å². The zero-order valence-corrected chi connectivity index (χ0v) is 13.0. The van der Waals surface area contributed by atoms with Crippen LogP contribution in [0.2, 0.25) is 0 Å². The molecule has 0 aliphatic carbocycles. The number of halogens is 1. The Bertz CT molecular complexity index is 611. The molecule has 0 amide bonds. The molecule has 0 radical (unpaired) electrons. The number of alkyl halides is 1. The summed E-state index contributed by atoms with van der Waals surface area (Å²) >= 11 is 5.96. The van der Waals surface area contributed by atoms with E-state index in [1.165, 1.54) is 11.1 Å².